The number of halogens is 1. The van der Waals surface area contributed by atoms with E-state index in [-0.39, 0.29) is 11.2 Å². The highest BCUT2D eigenvalue weighted by molar-refractivity contribution is 5.47. The molecule has 0 radical (unpaired) electrons. The zero-order valence-electron chi connectivity index (χ0n) is 10.8. The Morgan fingerprint density at radius 2 is 1.94 bits per heavy atom. The minimum absolute atomic E-state index is 0.172. The van der Waals surface area contributed by atoms with E-state index in [0.717, 1.165) is 25.3 Å². The number of nitrogens with zero attached hydrogens (tertiary/aromatic N) is 1. The molecule has 0 aliphatic carbocycles. The molecule has 94 valence electrons. The van der Waals surface area contributed by atoms with Gasteiger partial charge in [-0.3, -0.25) is 0 Å². The Labute approximate surface area is 103 Å². The predicted molar refractivity (Wildman–Crippen MR) is 69.9 cm³/mol. The van der Waals surface area contributed by atoms with Crippen molar-refractivity contribution in [2.45, 2.75) is 26.8 Å². The van der Waals surface area contributed by atoms with Crippen LogP contribution in [0.15, 0.2) is 24.3 Å². The van der Waals surface area contributed by atoms with Crippen LogP contribution in [0.5, 0.6) is 0 Å². The average Bonchev–Trinajstić information content (AvgIpc) is 2.39. The van der Waals surface area contributed by atoms with Crippen LogP contribution < -0.4 is 10.2 Å². The van der Waals surface area contributed by atoms with Gasteiger partial charge in [0.15, 0.2) is 0 Å². The van der Waals surface area contributed by atoms with E-state index < -0.39 is 0 Å². The molecule has 0 saturated carbocycles. The third-order valence-corrected chi connectivity index (χ3v) is 3.23. The maximum atomic E-state index is 12.9. The van der Waals surface area contributed by atoms with Crippen LogP contribution in [0.3, 0.4) is 0 Å². The lowest BCUT2D eigenvalue weighted by atomic mass is 9.93. The van der Waals surface area contributed by atoms with Crippen LogP contribution >= 0.6 is 0 Å². The maximum Gasteiger partial charge on any atom is 0.123 e. The molecule has 2 rings (SSSR count). The largest absolute Gasteiger partial charge is 0.369 e. The standard InChI is InChI=1S/C14H21FN2/c1-11-8-17(10-14(2,3)9-16-11)13-6-4-12(15)5-7-13/h4-7,11,16H,8-10H2,1-3H3. The molecular weight excluding hydrogens is 215 g/mol. The molecule has 0 amide bonds. The van der Waals surface area contributed by atoms with Crippen LogP contribution in [0.1, 0.15) is 20.8 Å². The van der Waals surface area contributed by atoms with Gasteiger partial charge in [0.25, 0.3) is 0 Å². The highest BCUT2D eigenvalue weighted by Crippen LogP contribution is 2.24. The van der Waals surface area contributed by atoms with Crippen molar-refractivity contribution >= 4 is 5.69 Å². The predicted octanol–water partition coefficient (Wildman–Crippen LogP) is 2.65. The van der Waals surface area contributed by atoms with Gasteiger partial charge in [-0.2, -0.15) is 0 Å². The summed E-state index contributed by atoms with van der Waals surface area (Å²) < 4.78 is 12.9. The molecule has 1 aromatic rings. The van der Waals surface area contributed by atoms with E-state index in [0.29, 0.717) is 6.04 Å². The number of rotatable bonds is 1. The summed E-state index contributed by atoms with van der Waals surface area (Å²) in [6, 6.07) is 7.26. The minimum atomic E-state index is -0.172. The molecule has 1 N–H and O–H groups in total. The van der Waals surface area contributed by atoms with Crippen LogP contribution in [0.4, 0.5) is 10.1 Å². The monoisotopic (exact) mass is 236 g/mol. The second-order valence-corrected chi connectivity index (χ2v) is 5.80. The molecule has 1 unspecified atom stereocenters. The number of benzene rings is 1. The number of hydrogen-bond donors (Lipinski definition) is 1. The Morgan fingerprint density at radius 3 is 2.59 bits per heavy atom. The zero-order valence-corrected chi connectivity index (χ0v) is 10.8. The quantitative estimate of drug-likeness (QED) is 0.806. The van der Waals surface area contributed by atoms with Gasteiger partial charge in [0.2, 0.25) is 0 Å². The van der Waals surface area contributed by atoms with Crippen molar-refractivity contribution in [1.82, 2.24) is 5.32 Å². The normalized spacial score (nSPS) is 24.5. The van der Waals surface area contributed by atoms with Gasteiger partial charge in [-0.1, -0.05) is 13.8 Å². The highest BCUT2D eigenvalue weighted by atomic mass is 19.1. The first-order valence-electron chi connectivity index (χ1n) is 6.20. The smallest absolute Gasteiger partial charge is 0.123 e. The van der Waals surface area contributed by atoms with Crippen LogP contribution in [0, 0.1) is 11.2 Å². The molecule has 1 heterocycles. The summed E-state index contributed by atoms with van der Waals surface area (Å²) in [4.78, 5) is 2.34. The van der Waals surface area contributed by atoms with Crippen molar-refractivity contribution in [2.24, 2.45) is 5.41 Å². The van der Waals surface area contributed by atoms with Gasteiger partial charge in [-0.25, -0.2) is 4.39 Å². The molecule has 0 bridgehead atoms. The Balaban J connectivity index is 2.20. The molecular formula is C14H21FN2. The second kappa shape index (κ2) is 4.65. The lowest BCUT2D eigenvalue weighted by Gasteiger charge is -2.30. The molecule has 2 nitrogen and oxygen atoms in total. The molecule has 1 atom stereocenters. The van der Waals surface area contributed by atoms with Gasteiger partial charge in [0.05, 0.1) is 0 Å². The summed E-state index contributed by atoms with van der Waals surface area (Å²) in [6.07, 6.45) is 0. The van der Waals surface area contributed by atoms with Crippen molar-refractivity contribution in [3.05, 3.63) is 30.1 Å². The number of nitrogens with one attached hydrogen (secondary N) is 1. The van der Waals surface area contributed by atoms with Crippen LogP contribution in [0.2, 0.25) is 0 Å². The molecule has 1 fully saturated rings. The van der Waals surface area contributed by atoms with E-state index >= 15 is 0 Å². The first-order chi connectivity index (χ1) is 7.96. The van der Waals surface area contributed by atoms with Crippen molar-refractivity contribution < 1.29 is 4.39 Å². The minimum Gasteiger partial charge on any atom is -0.369 e. The Morgan fingerprint density at radius 1 is 1.29 bits per heavy atom. The van der Waals surface area contributed by atoms with Gasteiger partial charge in [0.1, 0.15) is 5.82 Å². The molecule has 17 heavy (non-hydrogen) atoms. The van der Waals surface area contributed by atoms with Gasteiger partial charge in [-0.05, 0) is 36.6 Å². The van der Waals surface area contributed by atoms with Crippen LogP contribution in [-0.2, 0) is 0 Å². The highest BCUT2D eigenvalue weighted by Gasteiger charge is 2.27. The topological polar surface area (TPSA) is 15.3 Å². The number of hydrogen-bond acceptors (Lipinski definition) is 2. The Kier molecular flexibility index (Phi) is 3.38. The van der Waals surface area contributed by atoms with E-state index in [1.165, 1.54) is 12.1 Å². The summed E-state index contributed by atoms with van der Waals surface area (Å²) in [5, 5.41) is 3.53. The van der Waals surface area contributed by atoms with E-state index in [1.54, 1.807) is 0 Å². The fourth-order valence-corrected chi connectivity index (χ4v) is 2.33. The first kappa shape index (κ1) is 12.4. The molecule has 1 aliphatic rings. The fourth-order valence-electron chi connectivity index (χ4n) is 2.33. The van der Waals surface area contributed by atoms with E-state index in [4.69, 9.17) is 0 Å². The zero-order chi connectivity index (χ0) is 12.5. The number of anilines is 1. The molecule has 0 aromatic heterocycles. The van der Waals surface area contributed by atoms with E-state index in [9.17, 15) is 4.39 Å². The van der Waals surface area contributed by atoms with Crippen molar-refractivity contribution in [1.29, 1.82) is 0 Å². The second-order valence-electron chi connectivity index (χ2n) is 5.80. The molecule has 1 aliphatic heterocycles. The van der Waals surface area contributed by atoms with Gasteiger partial charge in [-0.15, -0.1) is 0 Å². The van der Waals surface area contributed by atoms with E-state index in [2.05, 4.69) is 31.0 Å². The third-order valence-electron chi connectivity index (χ3n) is 3.23. The van der Waals surface area contributed by atoms with Crippen molar-refractivity contribution in [3.63, 3.8) is 0 Å². The molecule has 1 saturated heterocycles. The summed E-state index contributed by atoms with van der Waals surface area (Å²) in [5.74, 6) is -0.172. The maximum absolute atomic E-state index is 12.9. The van der Waals surface area contributed by atoms with Gasteiger partial charge >= 0.3 is 0 Å². The first-order valence-corrected chi connectivity index (χ1v) is 6.20. The Bertz CT molecular complexity index is 372. The molecule has 1 aromatic carbocycles. The third kappa shape index (κ3) is 3.19. The average molecular weight is 236 g/mol. The summed E-state index contributed by atoms with van der Waals surface area (Å²) in [7, 11) is 0. The molecule has 0 spiro atoms. The van der Waals surface area contributed by atoms with E-state index in [1.807, 2.05) is 12.1 Å². The summed E-state index contributed by atoms with van der Waals surface area (Å²) in [6.45, 7) is 9.69. The van der Waals surface area contributed by atoms with Crippen LogP contribution in [-0.4, -0.2) is 25.7 Å². The van der Waals surface area contributed by atoms with Crippen molar-refractivity contribution in [3.8, 4) is 0 Å². The van der Waals surface area contributed by atoms with Gasteiger partial charge in [0, 0.05) is 31.4 Å². The lowest BCUT2D eigenvalue weighted by Crippen LogP contribution is -2.35. The summed E-state index contributed by atoms with van der Waals surface area (Å²) in [5.41, 5.74) is 1.34. The van der Waals surface area contributed by atoms with Crippen LogP contribution in [0.25, 0.3) is 0 Å². The lowest BCUT2D eigenvalue weighted by molar-refractivity contribution is 0.362. The fraction of sp³-hybridized carbons (Fsp3) is 0.571. The Hall–Kier alpha value is -1.09. The van der Waals surface area contributed by atoms with Crippen molar-refractivity contribution in [2.75, 3.05) is 24.5 Å². The summed E-state index contributed by atoms with van der Waals surface area (Å²) >= 11 is 0. The van der Waals surface area contributed by atoms with Gasteiger partial charge < -0.3 is 10.2 Å². The molecule has 3 heteroatoms. The SMILES string of the molecule is CC1CN(c2ccc(F)cc2)CC(C)(C)CN1.